The molecule has 0 aliphatic heterocycles. The van der Waals surface area contributed by atoms with Crippen LogP contribution in [0.25, 0.3) is 0 Å². The Morgan fingerprint density at radius 1 is 1.00 bits per heavy atom. The van der Waals surface area contributed by atoms with Crippen LogP contribution in [-0.4, -0.2) is 6.54 Å². The summed E-state index contributed by atoms with van der Waals surface area (Å²) in [7, 11) is 0. The van der Waals surface area contributed by atoms with Crippen LogP contribution >= 0.6 is 23.2 Å². The van der Waals surface area contributed by atoms with Crippen LogP contribution in [0.2, 0.25) is 10.0 Å². The maximum Gasteiger partial charge on any atom is 0.0439 e. The van der Waals surface area contributed by atoms with Crippen LogP contribution in [0.4, 0.5) is 0 Å². The second-order valence-corrected chi connectivity index (χ2v) is 5.95. The van der Waals surface area contributed by atoms with E-state index in [2.05, 4.69) is 43.4 Å². The number of benzene rings is 2. The van der Waals surface area contributed by atoms with E-state index < -0.39 is 0 Å². The summed E-state index contributed by atoms with van der Waals surface area (Å²) >= 11 is 12.4. The average molecular weight is 322 g/mol. The summed E-state index contributed by atoms with van der Waals surface area (Å²) in [5.74, 6) is 0. The van der Waals surface area contributed by atoms with E-state index in [0.29, 0.717) is 0 Å². The van der Waals surface area contributed by atoms with Crippen LogP contribution in [-0.2, 0) is 12.8 Å². The molecular weight excluding hydrogens is 301 g/mol. The zero-order chi connectivity index (χ0) is 15.2. The van der Waals surface area contributed by atoms with Gasteiger partial charge in [-0.3, -0.25) is 0 Å². The molecule has 0 heterocycles. The molecule has 1 unspecified atom stereocenters. The third kappa shape index (κ3) is 4.23. The fourth-order valence-corrected chi connectivity index (χ4v) is 3.04. The lowest BCUT2D eigenvalue weighted by molar-refractivity contribution is 0.546. The highest BCUT2D eigenvalue weighted by atomic mass is 35.5. The SMILES string of the molecule is CCNC(Cc1cc(Cl)ccc1Cl)c1ccccc1CC. The van der Waals surface area contributed by atoms with E-state index >= 15 is 0 Å². The topological polar surface area (TPSA) is 12.0 Å². The van der Waals surface area contributed by atoms with E-state index in [1.165, 1.54) is 11.1 Å². The van der Waals surface area contributed by atoms with Gasteiger partial charge in [-0.05, 0) is 54.3 Å². The second-order valence-electron chi connectivity index (χ2n) is 5.10. The van der Waals surface area contributed by atoms with Gasteiger partial charge in [0.2, 0.25) is 0 Å². The zero-order valence-corrected chi connectivity index (χ0v) is 14.0. The Bertz CT molecular complexity index is 596. The lowest BCUT2D eigenvalue weighted by Crippen LogP contribution is -2.24. The molecule has 0 fully saturated rings. The molecule has 0 saturated heterocycles. The quantitative estimate of drug-likeness (QED) is 0.746. The van der Waals surface area contributed by atoms with Crippen molar-refractivity contribution < 1.29 is 0 Å². The summed E-state index contributed by atoms with van der Waals surface area (Å²) in [5.41, 5.74) is 3.81. The minimum atomic E-state index is 0.252. The molecule has 2 aromatic carbocycles. The Labute approximate surface area is 137 Å². The molecule has 1 nitrogen and oxygen atoms in total. The van der Waals surface area contributed by atoms with E-state index in [1.54, 1.807) is 0 Å². The second kappa shape index (κ2) is 7.84. The minimum absolute atomic E-state index is 0.252. The third-order valence-electron chi connectivity index (χ3n) is 3.69. The lowest BCUT2D eigenvalue weighted by atomic mass is 9.93. The van der Waals surface area contributed by atoms with Crippen LogP contribution in [0.15, 0.2) is 42.5 Å². The van der Waals surface area contributed by atoms with Crippen molar-refractivity contribution in [2.24, 2.45) is 0 Å². The van der Waals surface area contributed by atoms with Gasteiger partial charge in [0, 0.05) is 16.1 Å². The molecule has 0 aromatic heterocycles. The van der Waals surface area contributed by atoms with Gasteiger partial charge < -0.3 is 5.32 Å². The first-order chi connectivity index (χ1) is 10.2. The Hall–Kier alpha value is -1.02. The van der Waals surface area contributed by atoms with Gasteiger partial charge in [-0.2, -0.15) is 0 Å². The lowest BCUT2D eigenvalue weighted by Gasteiger charge is -2.22. The van der Waals surface area contributed by atoms with Crippen molar-refractivity contribution in [3.05, 3.63) is 69.2 Å². The summed E-state index contributed by atoms with van der Waals surface area (Å²) in [4.78, 5) is 0. The van der Waals surface area contributed by atoms with Crippen LogP contribution < -0.4 is 5.32 Å². The van der Waals surface area contributed by atoms with Crippen LogP contribution in [0.1, 0.15) is 36.6 Å². The molecule has 21 heavy (non-hydrogen) atoms. The van der Waals surface area contributed by atoms with E-state index in [0.717, 1.165) is 35.0 Å². The van der Waals surface area contributed by atoms with Crippen molar-refractivity contribution in [2.75, 3.05) is 6.54 Å². The highest BCUT2D eigenvalue weighted by Crippen LogP contribution is 2.28. The number of hydrogen-bond donors (Lipinski definition) is 1. The zero-order valence-electron chi connectivity index (χ0n) is 12.5. The smallest absolute Gasteiger partial charge is 0.0439 e. The molecule has 2 rings (SSSR count). The highest BCUT2D eigenvalue weighted by molar-refractivity contribution is 6.33. The molecule has 0 aliphatic carbocycles. The number of likely N-dealkylation sites (N-methyl/N-ethyl adjacent to an activating group) is 1. The van der Waals surface area contributed by atoms with Crippen molar-refractivity contribution in [1.82, 2.24) is 5.32 Å². The van der Waals surface area contributed by atoms with Gasteiger partial charge in [0.1, 0.15) is 0 Å². The fourth-order valence-electron chi connectivity index (χ4n) is 2.65. The average Bonchev–Trinajstić information content (AvgIpc) is 2.50. The standard InChI is InChI=1S/C18H21Cl2N/c1-3-13-7-5-6-8-16(13)18(21-4-2)12-14-11-15(19)9-10-17(14)20/h5-11,18,21H,3-4,12H2,1-2H3. The largest absolute Gasteiger partial charge is 0.310 e. The van der Waals surface area contributed by atoms with E-state index in [4.69, 9.17) is 23.2 Å². The monoisotopic (exact) mass is 321 g/mol. The summed E-state index contributed by atoms with van der Waals surface area (Å²) in [6, 6.07) is 14.5. The first-order valence-electron chi connectivity index (χ1n) is 7.40. The van der Waals surface area contributed by atoms with E-state index in [-0.39, 0.29) is 6.04 Å². The molecule has 0 saturated carbocycles. The summed E-state index contributed by atoms with van der Waals surface area (Å²) in [5, 5.41) is 5.07. The van der Waals surface area contributed by atoms with Gasteiger partial charge >= 0.3 is 0 Å². The predicted molar refractivity (Wildman–Crippen MR) is 92.4 cm³/mol. The molecule has 1 atom stereocenters. The first-order valence-corrected chi connectivity index (χ1v) is 8.16. The summed E-state index contributed by atoms with van der Waals surface area (Å²) < 4.78 is 0. The molecule has 112 valence electrons. The Balaban J connectivity index is 2.33. The Kier molecular flexibility index (Phi) is 6.10. The van der Waals surface area contributed by atoms with Gasteiger partial charge in [0.15, 0.2) is 0 Å². The molecule has 0 bridgehead atoms. The molecule has 0 amide bonds. The van der Waals surface area contributed by atoms with Crippen molar-refractivity contribution in [3.8, 4) is 0 Å². The molecule has 2 aromatic rings. The summed E-state index contributed by atoms with van der Waals surface area (Å²) in [6.45, 7) is 5.23. The number of rotatable bonds is 6. The van der Waals surface area contributed by atoms with Gasteiger partial charge in [0.05, 0.1) is 0 Å². The van der Waals surface area contributed by atoms with Crippen LogP contribution in [0, 0.1) is 0 Å². The highest BCUT2D eigenvalue weighted by Gasteiger charge is 2.15. The molecule has 3 heteroatoms. The van der Waals surface area contributed by atoms with Crippen molar-refractivity contribution in [1.29, 1.82) is 0 Å². The number of halogens is 2. The molecular formula is C18H21Cl2N. The van der Waals surface area contributed by atoms with Crippen molar-refractivity contribution >= 4 is 23.2 Å². The molecule has 0 aliphatic rings. The predicted octanol–water partition coefficient (Wildman–Crippen LogP) is 5.45. The van der Waals surface area contributed by atoms with Crippen molar-refractivity contribution in [3.63, 3.8) is 0 Å². The third-order valence-corrected chi connectivity index (χ3v) is 4.30. The maximum absolute atomic E-state index is 6.32. The Morgan fingerprint density at radius 3 is 2.48 bits per heavy atom. The normalized spacial score (nSPS) is 12.4. The molecule has 0 spiro atoms. The van der Waals surface area contributed by atoms with Gasteiger partial charge in [-0.25, -0.2) is 0 Å². The number of hydrogen-bond acceptors (Lipinski definition) is 1. The molecule has 0 radical (unpaired) electrons. The summed E-state index contributed by atoms with van der Waals surface area (Å²) in [6.07, 6.45) is 1.87. The van der Waals surface area contributed by atoms with E-state index in [1.807, 2.05) is 18.2 Å². The van der Waals surface area contributed by atoms with Gasteiger partial charge in [0.25, 0.3) is 0 Å². The maximum atomic E-state index is 6.32. The molecule has 1 N–H and O–H groups in total. The van der Waals surface area contributed by atoms with Gasteiger partial charge in [-0.15, -0.1) is 0 Å². The number of nitrogens with one attached hydrogen (secondary N) is 1. The number of aryl methyl sites for hydroxylation is 1. The van der Waals surface area contributed by atoms with Crippen LogP contribution in [0.3, 0.4) is 0 Å². The van der Waals surface area contributed by atoms with Crippen LogP contribution in [0.5, 0.6) is 0 Å². The van der Waals surface area contributed by atoms with Gasteiger partial charge in [-0.1, -0.05) is 61.3 Å². The minimum Gasteiger partial charge on any atom is -0.310 e. The first kappa shape index (κ1) is 16.4. The van der Waals surface area contributed by atoms with E-state index in [9.17, 15) is 0 Å². The Morgan fingerprint density at radius 2 is 1.76 bits per heavy atom. The fraction of sp³-hybridized carbons (Fsp3) is 0.333. The van der Waals surface area contributed by atoms with Crippen molar-refractivity contribution in [2.45, 2.75) is 32.7 Å².